The van der Waals surface area contributed by atoms with Crippen molar-refractivity contribution in [3.05, 3.63) is 71.0 Å². The van der Waals surface area contributed by atoms with Gasteiger partial charge < -0.3 is 0 Å². The highest BCUT2D eigenvalue weighted by Gasteiger charge is 2.32. The third kappa shape index (κ3) is 2.52. The largest absolute Gasteiger partial charge is 0.289 e. The molecule has 2 aromatic rings. The number of hydrogen-bond donors (Lipinski definition) is 0. The second-order valence-corrected chi connectivity index (χ2v) is 6.76. The van der Waals surface area contributed by atoms with E-state index >= 15 is 0 Å². The quantitative estimate of drug-likeness (QED) is 0.761. The Bertz CT molecular complexity index is 849. The fraction of sp³-hybridized carbons (Fsp3) is 0.0625. The summed E-state index contributed by atoms with van der Waals surface area (Å²) in [6.07, 6.45) is 1.50. The number of fused-ring (bicyclic) bond motifs is 1. The summed E-state index contributed by atoms with van der Waals surface area (Å²) in [6, 6.07) is 11.7. The molecule has 0 unspecified atom stereocenters. The number of benzene rings is 2. The Balaban J connectivity index is 2.11. The maximum absolute atomic E-state index is 12.9. The first kappa shape index (κ1) is 13.7. The van der Waals surface area contributed by atoms with Gasteiger partial charge >= 0.3 is 0 Å². The first-order valence-electron chi connectivity index (χ1n) is 6.30. The van der Waals surface area contributed by atoms with Gasteiger partial charge in [-0.3, -0.25) is 4.79 Å². The van der Waals surface area contributed by atoms with Crippen LogP contribution < -0.4 is 0 Å². The molecule has 0 amide bonds. The molecule has 0 atom stereocenters. The fourth-order valence-electron chi connectivity index (χ4n) is 2.31. The second-order valence-electron chi connectivity index (χ2n) is 4.81. The third-order valence-corrected chi connectivity index (χ3v) is 5.03. The van der Waals surface area contributed by atoms with Gasteiger partial charge in [0.1, 0.15) is 5.82 Å². The zero-order valence-electron chi connectivity index (χ0n) is 10.9. The van der Waals surface area contributed by atoms with Crippen molar-refractivity contribution in [1.29, 1.82) is 0 Å². The Hall–Kier alpha value is -2.27. The Morgan fingerprint density at radius 2 is 1.67 bits per heavy atom. The van der Waals surface area contributed by atoms with Crippen LogP contribution in [-0.2, 0) is 9.84 Å². The standard InChI is InChI=1S/C16H11FO3S/c17-13-7-5-11(6-8-13)9-12-10-21(19,20)15-4-2-1-3-14(15)16(12)18/h1-9H,10H2/b12-9-. The summed E-state index contributed by atoms with van der Waals surface area (Å²) in [4.78, 5) is 12.4. The minimum atomic E-state index is -3.52. The molecule has 0 spiro atoms. The molecule has 106 valence electrons. The van der Waals surface area contributed by atoms with Crippen molar-refractivity contribution >= 4 is 21.7 Å². The molecule has 0 fully saturated rings. The normalized spacial score (nSPS) is 18.5. The average molecular weight is 302 g/mol. The molecule has 0 radical (unpaired) electrons. The lowest BCUT2D eigenvalue weighted by Crippen LogP contribution is -2.24. The number of hydrogen-bond acceptors (Lipinski definition) is 3. The number of ketones is 1. The summed E-state index contributed by atoms with van der Waals surface area (Å²) in [7, 11) is -3.52. The number of sulfone groups is 1. The van der Waals surface area contributed by atoms with Crippen LogP contribution >= 0.6 is 0 Å². The van der Waals surface area contributed by atoms with Crippen LogP contribution in [0.3, 0.4) is 0 Å². The molecule has 3 rings (SSSR count). The molecule has 0 saturated carbocycles. The Morgan fingerprint density at radius 3 is 2.38 bits per heavy atom. The van der Waals surface area contributed by atoms with Gasteiger partial charge in [-0.15, -0.1) is 0 Å². The minimum Gasteiger partial charge on any atom is -0.289 e. The van der Waals surface area contributed by atoms with Crippen molar-refractivity contribution in [2.45, 2.75) is 4.90 Å². The van der Waals surface area contributed by atoms with Crippen LogP contribution in [0, 0.1) is 5.82 Å². The molecular formula is C16H11FO3S. The summed E-state index contributed by atoms with van der Waals surface area (Å²) < 4.78 is 37.3. The van der Waals surface area contributed by atoms with Crippen LogP contribution in [-0.4, -0.2) is 20.0 Å². The third-order valence-electron chi connectivity index (χ3n) is 3.31. The van der Waals surface area contributed by atoms with Gasteiger partial charge in [0.25, 0.3) is 0 Å². The number of rotatable bonds is 1. The summed E-state index contributed by atoms with van der Waals surface area (Å²) in [5.74, 6) is -1.02. The first-order chi connectivity index (χ1) is 9.97. The molecular weight excluding hydrogens is 291 g/mol. The van der Waals surface area contributed by atoms with Gasteiger partial charge in [-0.2, -0.15) is 0 Å². The Labute approximate surface area is 121 Å². The van der Waals surface area contributed by atoms with Gasteiger partial charge in [-0.25, -0.2) is 12.8 Å². The molecule has 3 nitrogen and oxygen atoms in total. The van der Waals surface area contributed by atoms with Crippen molar-refractivity contribution in [3.63, 3.8) is 0 Å². The number of carbonyl (C=O) groups is 1. The smallest absolute Gasteiger partial charge is 0.191 e. The van der Waals surface area contributed by atoms with Crippen molar-refractivity contribution < 1.29 is 17.6 Å². The van der Waals surface area contributed by atoms with E-state index in [0.29, 0.717) is 5.56 Å². The van der Waals surface area contributed by atoms with E-state index < -0.39 is 9.84 Å². The molecule has 1 aliphatic heterocycles. The topological polar surface area (TPSA) is 51.2 Å². The number of carbonyl (C=O) groups excluding carboxylic acids is 1. The highest BCUT2D eigenvalue weighted by molar-refractivity contribution is 7.91. The molecule has 1 heterocycles. The number of Topliss-reactive ketones (excluding diaryl/α,β-unsaturated/α-hetero) is 1. The van der Waals surface area contributed by atoms with Crippen LogP contribution in [0.25, 0.3) is 6.08 Å². The zero-order valence-corrected chi connectivity index (χ0v) is 11.7. The highest BCUT2D eigenvalue weighted by atomic mass is 32.2. The van der Waals surface area contributed by atoms with Gasteiger partial charge in [-0.1, -0.05) is 24.3 Å². The monoisotopic (exact) mass is 302 g/mol. The predicted octanol–water partition coefficient (Wildman–Crippen LogP) is 2.88. The molecule has 1 aliphatic rings. The van der Waals surface area contributed by atoms with Crippen molar-refractivity contribution in [2.75, 3.05) is 5.75 Å². The van der Waals surface area contributed by atoms with Gasteiger partial charge in [0.2, 0.25) is 0 Å². The highest BCUT2D eigenvalue weighted by Crippen LogP contribution is 2.28. The van der Waals surface area contributed by atoms with E-state index in [2.05, 4.69) is 0 Å². The van der Waals surface area contributed by atoms with E-state index in [1.54, 1.807) is 12.1 Å². The van der Waals surface area contributed by atoms with E-state index in [1.807, 2.05) is 0 Å². The lowest BCUT2D eigenvalue weighted by atomic mass is 10.0. The fourth-order valence-corrected chi connectivity index (χ4v) is 3.87. The summed E-state index contributed by atoms with van der Waals surface area (Å²) in [5.41, 5.74) is 0.978. The molecule has 0 N–H and O–H groups in total. The van der Waals surface area contributed by atoms with Gasteiger partial charge in [0.15, 0.2) is 15.6 Å². The lowest BCUT2D eigenvalue weighted by molar-refractivity contribution is 0.103. The van der Waals surface area contributed by atoms with Gasteiger partial charge in [-0.05, 0) is 35.9 Å². The molecule has 0 saturated heterocycles. The Kier molecular flexibility index (Phi) is 3.22. The molecule has 0 bridgehead atoms. The van der Waals surface area contributed by atoms with Crippen LogP contribution in [0.4, 0.5) is 4.39 Å². The molecule has 5 heteroatoms. The maximum atomic E-state index is 12.9. The van der Waals surface area contributed by atoms with Crippen molar-refractivity contribution in [2.24, 2.45) is 0 Å². The summed E-state index contributed by atoms with van der Waals surface area (Å²) >= 11 is 0. The van der Waals surface area contributed by atoms with Gasteiger partial charge in [0.05, 0.1) is 10.6 Å². The average Bonchev–Trinajstić information content (AvgIpc) is 2.47. The Morgan fingerprint density at radius 1 is 1.00 bits per heavy atom. The summed E-state index contributed by atoms with van der Waals surface area (Å²) in [6.45, 7) is 0. The van der Waals surface area contributed by atoms with Crippen LogP contribution in [0.5, 0.6) is 0 Å². The van der Waals surface area contributed by atoms with Crippen molar-refractivity contribution in [1.82, 2.24) is 0 Å². The summed E-state index contributed by atoms with van der Waals surface area (Å²) in [5, 5.41) is 0. The predicted molar refractivity (Wildman–Crippen MR) is 77.2 cm³/mol. The van der Waals surface area contributed by atoms with Crippen LogP contribution in [0.1, 0.15) is 15.9 Å². The maximum Gasteiger partial charge on any atom is 0.191 e. The van der Waals surface area contributed by atoms with Gasteiger partial charge in [0, 0.05) is 11.1 Å². The van der Waals surface area contributed by atoms with E-state index in [1.165, 1.54) is 42.5 Å². The zero-order chi connectivity index (χ0) is 15.0. The second kappa shape index (κ2) is 4.93. The lowest BCUT2D eigenvalue weighted by Gasteiger charge is -2.17. The van der Waals surface area contributed by atoms with Crippen LogP contribution in [0.15, 0.2) is 59.0 Å². The van der Waals surface area contributed by atoms with Crippen LogP contribution in [0.2, 0.25) is 0 Å². The molecule has 0 aromatic heterocycles. The van der Waals surface area contributed by atoms with Crippen molar-refractivity contribution in [3.8, 4) is 0 Å². The SMILES string of the molecule is O=C1/C(=C\c2ccc(F)cc2)CS(=O)(=O)c2ccccc21. The first-order valence-corrected chi connectivity index (χ1v) is 7.95. The minimum absolute atomic E-state index is 0.0752. The molecule has 0 aliphatic carbocycles. The van der Waals surface area contributed by atoms with E-state index in [-0.39, 0.29) is 33.4 Å². The molecule has 2 aromatic carbocycles. The van der Waals surface area contributed by atoms with E-state index in [9.17, 15) is 17.6 Å². The number of halogens is 1. The van der Waals surface area contributed by atoms with E-state index in [4.69, 9.17) is 0 Å². The van der Waals surface area contributed by atoms with E-state index in [0.717, 1.165) is 0 Å². The molecule has 21 heavy (non-hydrogen) atoms.